The third kappa shape index (κ3) is 6.57. The number of nitrogens with one attached hydrogen (secondary N) is 1. The van der Waals surface area contributed by atoms with Gasteiger partial charge in [-0.25, -0.2) is 4.39 Å². The van der Waals surface area contributed by atoms with E-state index in [4.69, 9.17) is 4.74 Å². The lowest BCUT2D eigenvalue weighted by molar-refractivity contribution is -0.00000656. The highest BCUT2D eigenvalue weighted by Gasteiger charge is 2.04. The summed E-state index contributed by atoms with van der Waals surface area (Å²) in [6, 6.07) is 14.2. The maximum Gasteiger partial charge on any atom is 0.123 e. The molecular formula is C18H22ClFNO2-. The average Bonchev–Trinajstić information content (AvgIpc) is 2.56. The fourth-order valence-corrected chi connectivity index (χ4v) is 2.09. The molecule has 0 aromatic heterocycles. The number of hydrogen-bond donors (Lipinski definition) is 2. The van der Waals surface area contributed by atoms with Crippen molar-refractivity contribution in [1.29, 1.82) is 0 Å². The lowest BCUT2D eigenvalue weighted by Crippen LogP contribution is -3.00. The van der Waals surface area contributed by atoms with E-state index in [9.17, 15) is 9.50 Å². The monoisotopic (exact) mass is 338 g/mol. The van der Waals surface area contributed by atoms with E-state index in [0.29, 0.717) is 13.2 Å². The Hall–Kier alpha value is -1.62. The average molecular weight is 339 g/mol. The molecule has 0 saturated carbocycles. The highest BCUT2D eigenvalue weighted by molar-refractivity contribution is 5.29. The number of aliphatic hydroxyl groups excluding tert-OH is 1. The molecule has 2 N–H and O–H groups in total. The van der Waals surface area contributed by atoms with Gasteiger partial charge in [0.05, 0.1) is 6.61 Å². The van der Waals surface area contributed by atoms with Crippen molar-refractivity contribution in [3.05, 3.63) is 65.5 Å². The van der Waals surface area contributed by atoms with Gasteiger partial charge in [-0.3, -0.25) is 0 Å². The van der Waals surface area contributed by atoms with Crippen LogP contribution in [0.25, 0.3) is 0 Å². The first-order valence-electron chi connectivity index (χ1n) is 7.51. The number of benzene rings is 2. The van der Waals surface area contributed by atoms with Crippen LogP contribution in [-0.4, -0.2) is 17.8 Å². The fourth-order valence-electron chi connectivity index (χ4n) is 2.09. The molecule has 0 aliphatic rings. The van der Waals surface area contributed by atoms with Crippen LogP contribution in [0.2, 0.25) is 0 Å². The predicted molar refractivity (Wildman–Crippen MR) is 85.2 cm³/mol. The number of hydrogen-bond acceptors (Lipinski definition) is 3. The van der Waals surface area contributed by atoms with Gasteiger partial charge in [0.1, 0.15) is 18.2 Å². The topological polar surface area (TPSA) is 41.5 Å². The first kappa shape index (κ1) is 19.4. The first-order valence-corrected chi connectivity index (χ1v) is 7.51. The maximum atomic E-state index is 12.8. The number of aliphatic hydroxyl groups is 1. The summed E-state index contributed by atoms with van der Waals surface area (Å²) in [5.41, 5.74) is 2.03. The lowest BCUT2D eigenvalue weighted by Gasteiger charge is -2.14. The predicted octanol–water partition coefficient (Wildman–Crippen LogP) is 0.269. The highest BCUT2D eigenvalue weighted by Crippen LogP contribution is 2.15. The van der Waals surface area contributed by atoms with Gasteiger partial charge in [-0.2, -0.15) is 0 Å². The number of halogens is 2. The second kappa shape index (κ2) is 10.2. The molecule has 2 aromatic carbocycles. The molecule has 5 heteroatoms. The van der Waals surface area contributed by atoms with Gasteiger partial charge >= 0.3 is 0 Å². The van der Waals surface area contributed by atoms with Gasteiger partial charge in [0, 0.05) is 12.6 Å². The minimum absolute atomic E-state index is 0. The van der Waals surface area contributed by atoms with Crippen molar-refractivity contribution in [1.82, 2.24) is 5.32 Å². The molecule has 2 rings (SSSR count). The molecule has 1 unspecified atom stereocenters. The van der Waals surface area contributed by atoms with E-state index >= 15 is 0 Å². The van der Waals surface area contributed by atoms with Gasteiger partial charge in [-0.15, -0.1) is 0 Å². The van der Waals surface area contributed by atoms with E-state index in [1.54, 1.807) is 12.1 Å². The first-order chi connectivity index (χ1) is 10.7. The third-order valence-electron chi connectivity index (χ3n) is 3.53. The van der Waals surface area contributed by atoms with E-state index in [2.05, 4.69) is 5.32 Å². The van der Waals surface area contributed by atoms with E-state index in [1.807, 2.05) is 31.2 Å². The van der Waals surface area contributed by atoms with Gasteiger partial charge in [-0.1, -0.05) is 31.2 Å². The van der Waals surface area contributed by atoms with Crippen LogP contribution in [0.5, 0.6) is 5.75 Å². The van der Waals surface area contributed by atoms with Crippen molar-refractivity contribution in [2.24, 2.45) is 0 Å². The summed E-state index contributed by atoms with van der Waals surface area (Å²) in [7, 11) is 0. The Morgan fingerprint density at radius 1 is 1.13 bits per heavy atom. The molecule has 0 amide bonds. The van der Waals surface area contributed by atoms with Crippen molar-refractivity contribution in [2.45, 2.75) is 32.5 Å². The second-order valence-electron chi connectivity index (χ2n) is 5.23. The SMILES string of the molecule is CCC(CO)NCc1cccc(OCc2ccc(F)cc2)c1.[Cl-]. The normalized spacial score (nSPS) is 11.6. The van der Waals surface area contributed by atoms with E-state index in [0.717, 1.165) is 23.3 Å². The third-order valence-corrected chi connectivity index (χ3v) is 3.53. The van der Waals surface area contributed by atoms with Crippen molar-refractivity contribution in [3.8, 4) is 5.75 Å². The van der Waals surface area contributed by atoms with E-state index < -0.39 is 0 Å². The van der Waals surface area contributed by atoms with Crippen LogP contribution in [0, 0.1) is 5.82 Å². The highest BCUT2D eigenvalue weighted by atomic mass is 35.5. The fraction of sp³-hybridized carbons (Fsp3) is 0.333. The van der Waals surface area contributed by atoms with Crippen LogP contribution in [0.15, 0.2) is 48.5 Å². The van der Waals surface area contributed by atoms with Crippen LogP contribution in [0.4, 0.5) is 4.39 Å². The molecule has 3 nitrogen and oxygen atoms in total. The smallest absolute Gasteiger partial charge is 0.123 e. The zero-order chi connectivity index (χ0) is 15.8. The molecule has 0 fully saturated rings. The summed E-state index contributed by atoms with van der Waals surface area (Å²) in [4.78, 5) is 0. The molecule has 0 spiro atoms. The van der Waals surface area contributed by atoms with Crippen LogP contribution < -0.4 is 22.5 Å². The Bertz CT molecular complexity index is 573. The van der Waals surface area contributed by atoms with Crippen molar-refractivity contribution in [2.75, 3.05) is 6.61 Å². The summed E-state index contributed by atoms with van der Waals surface area (Å²) in [5, 5.41) is 12.5. The minimum atomic E-state index is -0.244. The van der Waals surface area contributed by atoms with Crippen LogP contribution in [-0.2, 0) is 13.2 Å². The standard InChI is InChI=1S/C18H22FNO2.ClH/c1-2-17(12-21)20-11-15-4-3-5-18(10-15)22-13-14-6-8-16(19)9-7-14;/h3-10,17,20-21H,2,11-13H2,1H3;1H/p-1. The largest absolute Gasteiger partial charge is 1.00 e. The molecule has 0 aliphatic carbocycles. The van der Waals surface area contributed by atoms with Crippen LogP contribution >= 0.6 is 0 Å². The Morgan fingerprint density at radius 2 is 1.87 bits per heavy atom. The van der Waals surface area contributed by atoms with Gasteiger partial charge in [0.2, 0.25) is 0 Å². The van der Waals surface area contributed by atoms with Gasteiger partial charge in [-0.05, 0) is 41.8 Å². The maximum absolute atomic E-state index is 12.8. The summed E-state index contributed by atoms with van der Waals surface area (Å²) in [5.74, 6) is 0.534. The summed E-state index contributed by atoms with van der Waals surface area (Å²) >= 11 is 0. The van der Waals surface area contributed by atoms with E-state index in [-0.39, 0.29) is 30.9 Å². The molecule has 0 heterocycles. The summed E-state index contributed by atoms with van der Waals surface area (Å²) in [6.07, 6.45) is 0.886. The molecule has 0 radical (unpaired) electrons. The molecule has 23 heavy (non-hydrogen) atoms. The number of ether oxygens (including phenoxy) is 1. The van der Waals surface area contributed by atoms with Gasteiger partial charge < -0.3 is 27.6 Å². The second-order valence-corrected chi connectivity index (χ2v) is 5.23. The molecule has 126 valence electrons. The summed E-state index contributed by atoms with van der Waals surface area (Å²) in [6.45, 7) is 3.27. The molecular weight excluding hydrogens is 317 g/mol. The molecule has 0 saturated heterocycles. The molecule has 0 aliphatic heterocycles. The zero-order valence-electron chi connectivity index (χ0n) is 13.1. The van der Waals surface area contributed by atoms with Crippen LogP contribution in [0.1, 0.15) is 24.5 Å². The van der Waals surface area contributed by atoms with Crippen molar-refractivity contribution < 1.29 is 26.6 Å². The number of rotatable bonds is 8. The molecule has 2 aromatic rings. The Balaban J connectivity index is 0.00000264. The molecule has 1 atom stereocenters. The Morgan fingerprint density at radius 3 is 2.52 bits per heavy atom. The zero-order valence-corrected chi connectivity index (χ0v) is 13.9. The lowest BCUT2D eigenvalue weighted by atomic mass is 10.2. The Labute approximate surface area is 142 Å². The summed E-state index contributed by atoms with van der Waals surface area (Å²) < 4.78 is 18.6. The van der Waals surface area contributed by atoms with Crippen molar-refractivity contribution in [3.63, 3.8) is 0 Å². The Kier molecular flexibility index (Phi) is 8.62. The van der Waals surface area contributed by atoms with Crippen molar-refractivity contribution >= 4 is 0 Å². The quantitative estimate of drug-likeness (QED) is 0.726. The minimum Gasteiger partial charge on any atom is -1.00 e. The van der Waals surface area contributed by atoms with Crippen LogP contribution in [0.3, 0.4) is 0 Å². The van der Waals surface area contributed by atoms with Gasteiger partial charge in [0.15, 0.2) is 0 Å². The van der Waals surface area contributed by atoms with Gasteiger partial charge in [0.25, 0.3) is 0 Å². The van der Waals surface area contributed by atoms with E-state index in [1.165, 1.54) is 12.1 Å². The molecule has 0 bridgehead atoms.